The summed E-state index contributed by atoms with van der Waals surface area (Å²) in [6, 6.07) is 19.2. The van der Waals surface area contributed by atoms with E-state index in [9.17, 15) is 9.59 Å². The average Bonchev–Trinajstić information content (AvgIpc) is 3.21. The Hall–Kier alpha value is -3.51. The number of hydrogen-bond acceptors (Lipinski definition) is 3. The van der Waals surface area contributed by atoms with Gasteiger partial charge in [-0.25, -0.2) is 0 Å². The molecule has 1 N–H and O–H groups in total. The molecule has 2 heterocycles. The first-order valence-electron chi connectivity index (χ1n) is 9.30. The van der Waals surface area contributed by atoms with E-state index in [1.54, 1.807) is 6.08 Å². The molecule has 0 radical (unpaired) electrons. The summed E-state index contributed by atoms with van der Waals surface area (Å²) < 4.78 is 1.93. The lowest BCUT2D eigenvalue weighted by Gasteiger charge is -2.29. The van der Waals surface area contributed by atoms with Gasteiger partial charge in [0, 0.05) is 18.1 Å². The summed E-state index contributed by atoms with van der Waals surface area (Å²) >= 11 is 5.25. The number of nitrogens with zero attached hydrogens (tertiary/aromatic N) is 2. The Balaban J connectivity index is 1.66. The van der Waals surface area contributed by atoms with Crippen molar-refractivity contribution in [2.75, 3.05) is 4.90 Å². The molecule has 1 saturated heterocycles. The minimum Gasteiger partial charge on any atom is -0.323 e. The van der Waals surface area contributed by atoms with E-state index in [-0.39, 0.29) is 10.7 Å². The van der Waals surface area contributed by atoms with Crippen molar-refractivity contribution in [1.29, 1.82) is 0 Å². The highest BCUT2D eigenvalue weighted by molar-refractivity contribution is 7.80. The van der Waals surface area contributed by atoms with Gasteiger partial charge in [0.2, 0.25) is 0 Å². The van der Waals surface area contributed by atoms with Crippen LogP contribution in [0.4, 0.5) is 5.69 Å². The van der Waals surface area contributed by atoms with Gasteiger partial charge in [-0.2, -0.15) is 0 Å². The predicted molar refractivity (Wildman–Crippen MR) is 118 cm³/mol. The van der Waals surface area contributed by atoms with Crippen LogP contribution in [0, 0.1) is 0 Å². The topological polar surface area (TPSA) is 54.3 Å². The second-order valence-corrected chi connectivity index (χ2v) is 7.05. The lowest BCUT2D eigenvalue weighted by atomic mass is 10.1. The summed E-state index contributed by atoms with van der Waals surface area (Å²) in [5, 5.41) is 2.70. The van der Waals surface area contributed by atoms with E-state index in [1.165, 1.54) is 4.90 Å². The van der Waals surface area contributed by atoms with Crippen LogP contribution >= 0.6 is 12.2 Å². The molecule has 0 atom stereocenters. The maximum absolute atomic E-state index is 13.1. The predicted octanol–water partition coefficient (Wildman–Crippen LogP) is 3.87. The monoisotopic (exact) mass is 401 g/mol. The molecule has 1 aliphatic heterocycles. The van der Waals surface area contributed by atoms with Crippen molar-refractivity contribution >= 4 is 40.9 Å². The molecule has 4 rings (SSSR count). The molecule has 0 unspecified atom stereocenters. The highest BCUT2D eigenvalue weighted by Crippen LogP contribution is 2.23. The van der Waals surface area contributed by atoms with E-state index in [4.69, 9.17) is 12.2 Å². The van der Waals surface area contributed by atoms with Crippen LogP contribution in [0.25, 0.3) is 11.8 Å². The molecule has 1 aliphatic rings. The fourth-order valence-electron chi connectivity index (χ4n) is 3.20. The number of para-hydroxylation sites is 1. The summed E-state index contributed by atoms with van der Waals surface area (Å²) in [7, 11) is 0. The first-order chi connectivity index (χ1) is 14.1. The standard InChI is InChI=1S/C23H19N3O2S/c1-2-16-8-10-19(11-9-16)26-22(28)20(21(27)24-23(26)29)14-17-12-13-25(15-17)18-6-4-3-5-7-18/h3-15H,2H2,1H3,(H,24,27,29)/b20-14-. The zero-order valence-corrected chi connectivity index (χ0v) is 16.6. The van der Waals surface area contributed by atoms with Crippen LogP contribution in [-0.4, -0.2) is 21.5 Å². The zero-order chi connectivity index (χ0) is 20.4. The van der Waals surface area contributed by atoms with Crippen molar-refractivity contribution < 1.29 is 9.59 Å². The summed E-state index contributed by atoms with van der Waals surface area (Å²) in [5.74, 6) is -0.927. The third-order valence-electron chi connectivity index (χ3n) is 4.79. The molecule has 2 aromatic carbocycles. The summed E-state index contributed by atoms with van der Waals surface area (Å²) in [4.78, 5) is 26.9. The number of carbonyl (C=O) groups is 2. The van der Waals surface area contributed by atoms with Gasteiger partial charge < -0.3 is 4.57 Å². The number of rotatable bonds is 4. The van der Waals surface area contributed by atoms with Gasteiger partial charge in [0.05, 0.1) is 5.69 Å². The normalized spacial score (nSPS) is 15.7. The molecule has 2 amide bonds. The zero-order valence-electron chi connectivity index (χ0n) is 15.8. The number of aromatic nitrogens is 1. The molecule has 0 spiro atoms. The fraction of sp³-hybridized carbons (Fsp3) is 0.0870. The van der Waals surface area contributed by atoms with Crippen LogP contribution in [0.1, 0.15) is 18.1 Å². The van der Waals surface area contributed by atoms with Crippen molar-refractivity contribution in [1.82, 2.24) is 9.88 Å². The van der Waals surface area contributed by atoms with Gasteiger partial charge in [0.15, 0.2) is 5.11 Å². The highest BCUT2D eigenvalue weighted by atomic mass is 32.1. The average molecular weight is 401 g/mol. The third-order valence-corrected chi connectivity index (χ3v) is 5.07. The Morgan fingerprint density at radius 2 is 1.69 bits per heavy atom. The maximum atomic E-state index is 13.1. The smallest absolute Gasteiger partial charge is 0.270 e. The molecule has 1 fully saturated rings. The second-order valence-electron chi connectivity index (χ2n) is 6.67. The van der Waals surface area contributed by atoms with Crippen molar-refractivity contribution in [2.45, 2.75) is 13.3 Å². The number of benzene rings is 2. The van der Waals surface area contributed by atoms with Gasteiger partial charge >= 0.3 is 0 Å². The first kappa shape index (κ1) is 18.8. The van der Waals surface area contributed by atoms with E-state index in [2.05, 4.69) is 12.2 Å². The van der Waals surface area contributed by atoms with Gasteiger partial charge in [0.25, 0.3) is 11.8 Å². The molecule has 6 heteroatoms. The first-order valence-corrected chi connectivity index (χ1v) is 9.71. The van der Waals surface area contributed by atoms with Crippen LogP contribution in [0.2, 0.25) is 0 Å². The van der Waals surface area contributed by atoms with Crippen molar-refractivity contribution in [2.24, 2.45) is 0 Å². The Bertz CT molecular complexity index is 1110. The van der Waals surface area contributed by atoms with Crippen LogP contribution in [0.15, 0.2) is 78.6 Å². The van der Waals surface area contributed by atoms with Gasteiger partial charge in [-0.1, -0.05) is 37.3 Å². The number of aryl methyl sites for hydroxylation is 1. The lowest BCUT2D eigenvalue weighted by Crippen LogP contribution is -2.54. The molecule has 1 aromatic heterocycles. The number of thiocarbonyl (C=S) groups is 1. The highest BCUT2D eigenvalue weighted by Gasteiger charge is 2.34. The molecule has 3 aromatic rings. The second kappa shape index (κ2) is 7.85. The molecule has 0 bridgehead atoms. The van der Waals surface area contributed by atoms with Crippen molar-refractivity contribution in [3.05, 3.63) is 89.8 Å². The van der Waals surface area contributed by atoms with E-state index < -0.39 is 11.8 Å². The Morgan fingerprint density at radius 1 is 0.966 bits per heavy atom. The molecule has 29 heavy (non-hydrogen) atoms. The molecular weight excluding hydrogens is 382 g/mol. The Morgan fingerprint density at radius 3 is 2.38 bits per heavy atom. The van der Waals surface area contributed by atoms with Gasteiger partial charge in [-0.05, 0) is 66.2 Å². The summed E-state index contributed by atoms with van der Waals surface area (Å²) in [5.41, 5.74) is 3.58. The summed E-state index contributed by atoms with van der Waals surface area (Å²) in [6.45, 7) is 2.06. The van der Waals surface area contributed by atoms with E-state index >= 15 is 0 Å². The molecule has 0 aliphatic carbocycles. The van der Waals surface area contributed by atoms with Gasteiger partial charge in [-0.15, -0.1) is 0 Å². The number of amides is 2. The van der Waals surface area contributed by atoms with E-state index in [0.29, 0.717) is 5.69 Å². The van der Waals surface area contributed by atoms with Crippen LogP contribution in [0.5, 0.6) is 0 Å². The Labute approximate surface area is 174 Å². The molecule has 5 nitrogen and oxygen atoms in total. The maximum Gasteiger partial charge on any atom is 0.270 e. The summed E-state index contributed by atoms with van der Waals surface area (Å²) in [6.07, 6.45) is 6.25. The van der Waals surface area contributed by atoms with Crippen LogP contribution in [-0.2, 0) is 16.0 Å². The van der Waals surface area contributed by atoms with Gasteiger partial charge in [-0.3, -0.25) is 19.8 Å². The number of hydrogen-bond donors (Lipinski definition) is 1. The van der Waals surface area contributed by atoms with E-state index in [0.717, 1.165) is 23.2 Å². The van der Waals surface area contributed by atoms with Crippen molar-refractivity contribution in [3.8, 4) is 5.69 Å². The van der Waals surface area contributed by atoms with Crippen LogP contribution < -0.4 is 10.2 Å². The van der Waals surface area contributed by atoms with Crippen molar-refractivity contribution in [3.63, 3.8) is 0 Å². The third kappa shape index (κ3) is 3.75. The number of nitrogens with one attached hydrogen (secondary N) is 1. The largest absolute Gasteiger partial charge is 0.323 e. The molecule has 144 valence electrons. The quantitative estimate of drug-likeness (QED) is 0.410. The molecular formula is C23H19N3O2S. The Kier molecular flexibility index (Phi) is 5.10. The number of anilines is 1. The van der Waals surface area contributed by atoms with Crippen LogP contribution in [0.3, 0.4) is 0 Å². The molecule has 0 saturated carbocycles. The SMILES string of the molecule is CCc1ccc(N2C(=O)/C(=C\c3ccn(-c4ccccc4)c3)C(=O)NC2=S)cc1. The van der Waals surface area contributed by atoms with E-state index in [1.807, 2.05) is 77.6 Å². The minimum absolute atomic E-state index is 0.0454. The van der Waals surface area contributed by atoms with Gasteiger partial charge in [0.1, 0.15) is 5.57 Å². The fourth-order valence-corrected chi connectivity index (χ4v) is 3.48. The lowest BCUT2D eigenvalue weighted by molar-refractivity contribution is -0.122. The minimum atomic E-state index is -0.492. The number of carbonyl (C=O) groups excluding carboxylic acids is 2.